The minimum atomic E-state index is 0.474. The fourth-order valence-electron chi connectivity index (χ4n) is 1.92. The molecule has 0 atom stereocenters. The van der Waals surface area contributed by atoms with E-state index in [1.807, 2.05) is 18.2 Å². The maximum Gasteiger partial charge on any atom is 0.138 e. The van der Waals surface area contributed by atoms with Gasteiger partial charge in [0.2, 0.25) is 0 Å². The maximum absolute atomic E-state index is 5.91. The third kappa shape index (κ3) is 3.37. The van der Waals surface area contributed by atoms with Gasteiger partial charge in [-0.2, -0.15) is 0 Å². The first-order valence-corrected chi connectivity index (χ1v) is 7.07. The lowest BCUT2D eigenvalue weighted by Crippen LogP contribution is -2.03. The van der Waals surface area contributed by atoms with Crippen molar-refractivity contribution in [1.29, 1.82) is 0 Å². The second-order valence-electron chi connectivity index (χ2n) is 4.64. The molecule has 0 aromatic heterocycles. The van der Waals surface area contributed by atoms with Crippen LogP contribution in [0.15, 0.2) is 40.9 Å². The van der Waals surface area contributed by atoms with Gasteiger partial charge < -0.3 is 10.5 Å². The monoisotopic (exact) mass is 319 g/mol. The molecule has 2 rings (SSSR count). The van der Waals surface area contributed by atoms with Crippen LogP contribution in [0.25, 0.3) is 0 Å². The van der Waals surface area contributed by atoms with Crippen LogP contribution in [0.3, 0.4) is 0 Å². The molecule has 0 saturated carbocycles. The van der Waals surface area contributed by atoms with Crippen LogP contribution in [0.4, 0.5) is 0 Å². The fraction of sp³-hybridized carbons (Fsp3) is 0.250. The van der Waals surface area contributed by atoms with Gasteiger partial charge in [-0.3, -0.25) is 0 Å². The van der Waals surface area contributed by atoms with E-state index in [1.54, 1.807) is 0 Å². The Morgan fingerprint density at radius 2 is 1.89 bits per heavy atom. The Hall–Kier alpha value is -1.32. The summed E-state index contributed by atoms with van der Waals surface area (Å²) in [6.45, 7) is 5.25. The van der Waals surface area contributed by atoms with Gasteiger partial charge in [-0.15, -0.1) is 0 Å². The summed E-state index contributed by atoms with van der Waals surface area (Å²) in [7, 11) is 0. The highest BCUT2D eigenvalue weighted by Gasteiger charge is 2.07. The first kappa shape index (κ1) is 14.1. The van der Waals surface area contributed by atoms with Gasteiger partial charge in [-0.05, 0) is 52.5 Å². The molecule has 100 valence electrons. The molecule has 0 saturated heterocycles. The second-order valence-corrected chi connectivity index (χ2v) is 5.49. The molecule has 2 aromatic carbocycles. The molecule has 19 heavy (non-hydrogen) atoms. The van der Waals surface area contributed by atoms with Gasteiger partial charge in [0.15, 0.2) is 0 Å². The fourth-order valence-corrected chi connectivity index (χ4v) is 2.45. The SMILES string of the molecule is Cc1ccc(COc2c(Br)cccc2CN)cc1C. The highest BCUT2D eigenvalue weighted by molar-refractivity contribution is 9.10. The highest BCUT2D eigenvalue weighted by Crippen LogP contribution is 2.29. The van der Waals surface area contributed by atoms with Crippen molar-refractivity contribution in [2.24, 2.45) is 5.73 Å². The number of benzene rings is 2. The Kier molecular flexibility index (Phi) is 4.61. The molecule has 0 spiro atoms. The van der Waals surface area contributed by atoms with Gasteiger partial charge >= 0.3 is 0 Å². The van der Waals surface area contributed by atoms with Crippen LogP contribution in [0.2, 0.25) is 0 Å². The van der Waals surface area contributed by atoms with E-state index in [1.165, 1.54) is 16.7 Å². The van der Waals surface area contributed by atoms with E-state index in [-0.39, 0.29) is 0 Å². The third-order valence-electron chi connectivity index (χ3n) is 3.22. The summed E-state index contributed by atoms with van der Waals surface area (Å²) in [5, 5.41) is 0. The number of hydrogen-bond donors (Lipinski definition) is 1. The number of rotatable bonds is 4. The van der Waals surface area contributed by atoms with Crippen LogP contribution in [-0.2, 0) is 13.2 Å². The number of ether oxygens (including phenoxy) is 1. The van der Waals surface area contributed by atoms with Crippen LogP contribution >= 0.6 is 15.9 Å². The second kappa shape index (κ2) is 6.22. The summed E-state index contributed by atoms with van der Waals surface area (Å²) in [5.41, 5.74) is 10.5. The lowest BCUT2D eigenvalue weighted by molar-refractivity contribution is 0.301. The van der Waals surface area contributed by atoms with E-state index < -0.39 is 0 Å². The van der Waals surface area contributed by atoms with Gasteiger partial charge in [-0.1, -0.05) is 30.3 Å². The molecule has 0 bridgehead atoms. The predicted molar refractivity (Wildman–Crippen MR) is 82.3 cm³/mol. The van der Waals surface area contributed by atoms with Gasteiger partial charge in [0.25, 0.3) is 0 Å². The number of para-hydroxylation sites is 1. The van der Waals surface area contributed by atoms with Crippen molar-refractivity contribution in [2.45, 2.75) is 27.0 Å². The smallest absolute Gasteiger partial charge is 0.138 e. The lowest BCUT2D eigenvalue weighted by atomic mass is 10.1. The molecule has 0 unspecified atom stereocenters. The van der Waals surface area contributed by atoms with Crippen LogP contribution in [0.5, 0.6) is 5.75 Å². The summed E-state index contributed by atoms with van der Waals surface area (Å²) in [4.78, 5) is 0. The molecule has 3 heteroatoms. The Bertz CT molecular complexity index is 581. The van der Waals surface area contributed by atoms with Crippen molar-refractivity contribution in [3.05, 3.63) is 63.1 Å². The van der Waals surface area contributed by atoms with Crippen LogP contribution in [-0.4, -0.2) is 0 Å². The quantitative estimate of drug-likeness (QED) is 0.920. The molecule has 0 radical (unpaired) electrons. The lowest BCUT2D eigenvalue weighted by Gasteiger charge is -2.13. The van der Waals surface area contributed by atoms with E-state index in [9.17, 15) is 0 Å². The van der Waals surface area contributed by atoms with Crippen molar-refractivity contribution in [1.82, 2.24) is 0 Å². The van der Waals surface area contributed by atoms with Gasteiger partial charge in [0, 0.05) is 12.1 Å². The largest absolute Gasteiger partial charge is 0.487 e. The first-order valence-electron chi connectivity index (χ1n) is 6.28. The molecule has 0 aliphatic heterocycles. The zero-order valence-electron chi connectivity index (χ0n) is 11.2. The van der Waals surface area contributed by atoms with Gasteiger partial charge in [0.1, 0.15) is 12.4 Å². The van der Waals surface area contributed by atoms with Crippen molar-refractivity contribution in [3.8, 4) is 5.75 Å². The topological polar surface area (TPSA) is 35.2 Å². The molecule has 2 aromatic rings. The molecule has 2 nitrogen and oxygen atoms in total. The summed E-state index contributed by atoms with van der Waals surface area (Å²) in [5.74, 6) is 0.836. The van der Waals surface area contributed by atoms with E-state index in [0.717, 1.165) is 15.8 Å². The third-order valence-corrected chi connectivity index (χ3v) is 3.85. The van der Waals surface area contributed by atoms with E-state index >= 15 is 0 Å². The average molecular weight is 320 g/mol. The molecule has 0 heterocycles. The van der Waals surface area contributed by atoms with E-state index in [0.29, 0.717) is 13.2 Å². The molecule has 2 N–H and O–H groups in total. The Morgan fingerprint density at radius 1 is 1.11 bits per heavy atom. The summed E-state index contributed by atoms with van der Waals surface area (Å²) >= 11 is 3.51. The predicted octanol–water partition coefficient (Wildman–Crippen LogP) is 4.10. The molecular formula is C16H18BrNO. The number of nitrogens with two attached hydrogens (primary N) is 1. The molecule has 0 amide bonds. The van der Waals surface area contributed by atoms with Gasteiger partial charge in [0.05, 0.1) is 4.47 Å². The first-order chi connectivity index (χ1) is 9.11. The summed E-state index contributed by atoms with van der Waals surface area (Å²) in [6, 6.07) is 12.3. The average Bonchev–Trinajstić information content (AvgIpc) is 2.41. The standard InChI is InChI=1S/C16H18BrNO/c1-11-6-7-13(8-12(11)2)10-19-16-14(9-18)4-3-5-15(16)17/h3-8H,9-10,18H2,1-2H3. The van der Waals surface area contributed by atoms with Crippen LogP contribution < -0.4 is 10.5 Å². The minimum Gasteiger partial charge on any atom is -0.487 e. The summed E-state index contributed by atoms with van der Waals surface area (Å²) < 4.78 is 6.86. The molecule has 0 aliphatic rings. The minimum absolute atomic E-state index is 0.474. The van der Waals surface area contributed by atoms with Crippen molar-refractivity contribution >= 4 is 15.9 Å². The molecule has 0 fully saturated rings. The van der Waals surface area contributed by atoms with Crippen molar-refractivity contribution in [3.63, 3.8) is 0 Å². The molecular weight excluding hydrogens is 302 g/mol. The van der Waals surface area contributed by atoms with Crippen molar-refractivity contribution < 1.29 is 4.74 Å². The molecule has 0 aliphatic carbocycles. The Labute approximate surface area is 122 Å². The number of halogens is 1. The number of aryl methyl sites for hydroxylation is 2. The zero-order chi connectivity index (χ0) is 13.8. The van der Waals surface area contributed by atoms with Crippen molar-refractivity contribution in [2.75, 3.05) is 0 Å². The Balaban J connectivity index is 2.16. The maximum atomic E-state index is 5.91. The van der Waals surface area contributed by atoms with E-state index in [2.05, 4.69) is 48.0 Å². The normalized spacial score (nSPS) is 10.5. The number of hydrogen-bond acceptors (Lipinski definition) is 2. The van der Waals surface area contributed by atoms with E-state index in [4.69, 9.17) is 10.5 Å². The van der Waals surface area contributed by atoms with Crippen LogP contribution in [0, 0.1) is 13.8 Å². The summed E-state index contributed by atoms with van der Waals surface area (Å²) in [6.07, 6.45) is 0. The van der Waals surface area contributed by atoms with Crippen LogP contribution in [0.1, 0.15) is 22.3 Å². The highest BCUT2D eigenvalue weighted by atomic mass is 79.9. The van der Waals surface area contributed by atoms with Gasteiger partial charge in [-0.25, -0.2) is 0 Å². The zero-order valence-corrected chi connectivity index (χ0v) is 12.8. The Morgan fingerprint density at radius 3 is 2.58 bits per heavy atom.